The highest BCUT2D eigenvalue weighted by Crippen LogP contribution is 2.38. The summed E-state index contributed by atoms with van der Waals surface area (Å²) in [5, 5.41) is 12.6. The Labute approximate surface area is 188 Å². The first-order valence-corrected chi connectivity index (χ1v) is 12.4. The highest BCUT2D eigenvalue weighted by Gasteiger charge is 2.46. The molecule has 0 spiro atoms. The molecule has 2 aliphatic heterocycles. The minimum absolute atomic E-state index is 0.0441. The maximum Gasteiger partial charge on any atom is 0.0991 e. The fourth-order valence-electron chi connectivity index (χ4n) is 4.75. The number of hydrogen-bond donors (Lipinski definition) is 2. The number of fused-ring (bicyclic) bond motifs is 2. The van der Waals surface area contributed by atoms with E-state index in [9.17, 15) is 9.47 Å². The van der Waals surface area contributed by atoms with Crippen molar-refractivity contribution in [1.29, 1.82) is 5.26 Å². The number of anilines is 1. The summed E-state index contributed by atoms with van der Waals surface area (Å²) in [6.45, 7) is 2.64. The zero-order chi connectivity index (χ0) is 22.1. The van der Waals surface area contributed by atoms with Crippen molar-refractivity contribution in [2.45, 2.75) is 19.1 Å². The van der Waals surface area contributed by atoms with E-state index in [1.165, 1.54) is 0 Å². The predicted octanol–water partition coefficient (Wildman–Crippen LogP) is 2.13. The predicted molar refractivity (Wildman–Crippen MR) is 128 cm³/mol. The van der Waals surface area contributed by atoms with Crippen molar-refractivity contribution in [2.24, 2.45) is 0 Å². The molecule has 2 aromatic carbocycles. The molecule has 164 valence electrons. The van der Waals surface area contributed by atoms with Crippen molar-refractivity contribution < 1.29 is 4.21 Å². The van der Waals surface area contributed by atoms with Crippen LogP contribution in [0.2, 0.25) is 0 Å². The summed E-state index contributed by atoms with van der Waals surface area (Å²) in [4.78, 5) is 10.7. The molecule has 0 radical (unpaired) electrons. The molecular weight excluding hydrogens is 420 g/mol. The fourth-order valence-corrected chi connectivity index (χ4v) is 7.84. The monoisotopic (exact) mass is 446 g/mol. The topological polar surface area (TPSA) is 88.0 Å². The molecule has 8 heteroatoms. The standard InChI is InChI=1S/C24H26N6OS/c1-26-9-10-32(31)24(19-5-3-2-4-6-19)23-16-29(15-21-13-27-17-28-21)22-8-7-18(12-25)11-20(22)14-30(23)32/h2-8,11,13,17,23,26H,9-10,14-16H2,1H3,(H,27,28)/t23-,32?/m0/s1. The van der Waals surface area contributed by atoms with Gasteiger partial charge in [0.15, 0.2) is 0 Å². The van der Waals surface area contributed by atoms with Gasteiger partial charge in [0.25, 0.3) is 0 Å². The lowest BCUT2D eigenvalue weighted by Gasteiger charge is -2.46. The Morgan fingerprint density at radius 3 is 2.84 bits per heavy atom. The SMILES string of the molecule is CNCCS1(=O)=C(c2ccccc2)[C@@H]2CN(Cc3cnc[nH]3)c3ccc(C#N)cc3CN21. The highest BCUT2D eigenvalue weighted by atomic mass is 32.2. The molecule has 32 heavy (non-hydrogen) atoms. The number of nitrogens with one attached hydrogen (secondary N) is 2. The molecule has 2 aliphatic rings. The fraction of sp³-hybridized carbons (Fsp3) is 0.292. The van der Waals surface area contributed by atoms with Crippen molar-refractivity contribution in [2.75, 3.05) is 30.8 Å². The second kappa shape index (κ2) is 8.43. The van der Waals surface area contributed by atoms with Crippen molar-refractivity contribution in [3.8, 4) is 6.07 Å². The zero-order valence-electron chi connectivity index (χ0n) is 18.0. The van der Waals surface area contributed by atoms with Crippen LogP contribution in [-0.2, 0) is 22.8 Å². The van der Waals surface area contributed by atoms with E-state index in [1.807, 2.05) is 49.6 Å². The van der Waals surface area contributed by atoms with Gasteiger partial charge < -0.3 is 15.2 Å². The zero-order valence-corrected chi connectivity index (χ0v) is 18.8. The number of hydrogen-bond acceptors (Lipinski definition) is 5. The molecule has 0 saturated heterocycles. The molecule has 0 saturated carbocycles. The van der Waals surface area contributed by atoms with Gasteiger partial charge in [-0.15, -0.1) is 0 Å². The normalized spacial score (nSPS) is 22.4. The average Bonchev–Trinajstić information content (AvgIpc) is 3.29. The molecule has 3 heterocycles. The maximum absolute atomic E-state index is 14.4. The first-order chi connectivity index (χ1) is 15.6. The van der Waals surface area contributed by atoms with Gasteiger partial charge in [0.2, 0.25) is 0 Å². The molecule has 0 aliphatic carbocycles. The summed E-state index contributed by atoms with van der Waals surface area (Å²) < 4.78 is 16.6. The van der Waals surface area contributed by atoms with E-state index in [0.717, 1.165) is 33.9 Å². The lowest BCUT2D eigenvalue weighted by molar-refractivity contribution is 0.386. The van der Waals surface area contributed by atoms with Crippen LogP contribution in [-0.4, -0.2) is 55.3 Å². The Bertz CT molecular complexity index is 1270. The van der Waals surface area contributed by atoms with Gasteiger partial charge in [0.05, 0.1) is 36.2 Å². The van der Waals surface area contributed by atoms with Crippen LogP contribution < -0.4 is 10.2 Å². The lowest BCUT2D eigenvalue weighted by Crippen LogP contribution is -2.62. The molecule has 5 rings (SSSR count). The van der Waals surface area contributed by atoms with Gasteiger partial charge in [-0.05, 0) is 36.4 Å². The van der Waals surface area contributed by atoms with E-state index in [2.05, 4.69) is 42.7 Å². The van der Waals surface area contributed by atoms with Crippen LogP contribution >= 0.6 is 0 Å². The third-order valence-electron chi connectivity index (χ3n) is 6.24. The summed E-state index contributed by atoms with van der Waals surface area (Å²) in [6, 6.07) is 18.3. The van der Waals surface area contributed by atoms with Crippen molar-refractivity contribution >= 4 is 20.3 Å². The Balaban J connectivity index is 1.62. The van der Waals surface area contributed by atoms with E-state index in [1.54, 1.807) is 6.33 Å². The van der Waals surface area contributed by atoms with E-state index < -0.39 is 9.71 Å². The summed E-state index contributed by atoms with van der Waals surface area (Å²) in [5.74, 6) is 0.568. The van der Waals surface area contributed by atoms with Gasteiger partial charge in [-0.25, -0.2) is 9.29 Å². The first-order valence-electron chi connectivity index (χ1n) is 10.7. The van der Waals surface area contributed by atoms with E-state index in [0.29, 0.717) is 31.0 Å². The quantitative estimate of drug-likeness (QED) is 0.567. The van der Waals surface area contributed by atoms with Gasteiger partial charge in [0, 0.05) is 51.8 Å². The molecule has 0 fully saturated rings. The number of aromatic nitrogens is 2. The molecule has 0 amide bonds. The minimum atomic E-state index is -2.36. The number of imidazole rings is 1. The van der Waals surface area contributed by atoms with Crippen LogP contribution in [0.25, 0.3) is 0 Å². The van der Waals surface area contributed by atoms with Gasteiger partial charge in [-0.3, -0.25) is 4.21 Å². The summed E-state index contributed by atoms with van der Waals surface area (Å²) in [7, 11) is -0.466. The Morgan fingerprint density at radius 1 is 1.28 bits per heavy atom. The number of nitrogens with zero attached hydrogens (tertiary/aromatic N) is 4. The maximum atomic E-state index is 14.4. The van der Waals surface area contributed by atoms with Gasteiger partial charge in [-0.1, -0.05) is 30.3 Å². The number of aromatic amines is 1. The van der Waals surface area contributed by atoms with Crippen molar-refractivity contribution in [1.82, 2.24) is 19.6 Å². The molecular formula is C24H26N6OS. The molecule has 2 N–H and O–H groups in total. The summed E-state index contributed by atoms with van der Waals surface area (Å²) in [6.07, 6.45) is 3.53. The van der Waals surface area contributed by atoms with E-state index >= 15 is 0 Å². The van der Waals surface area contributed by atoms with Crippen molar-refractivity contribution in [3.63, 3.8) is 0 Å². The Morgan fingerprint density at radius 2 is 2.12 bits per heavy atom. The largest absolute Gasteiger partial charge is 0.363 e. The van der Waals surface area contributed by atoms with Crippen LogP contribution in [0.3, 0.4) is 0 Å². The molecule has 2 atom stereocenters. The second-order valence-electron chi connectivity index (χ2n) is 8.18. The van der Waals surface area contributed by atoms with Crippen LogP contribution in [0.5, 0.6) is 0 Å². The number of rotatable bonds is 6. The van der Waals surface area contributed by atoms with Crippen LogP contribution in [0.4, 0.5) is 5.69 Å². The number of H-pyrrole nitrogens is 1. The van der Waals surface area contributed by atoms with Crippen LogP contribution in [0, 0.1) is 11.3 Å². The van der Waals surface area contributed by atoms with Gasteiger partial charge in [-0.2, -0.15) is 5.26 Å². The number of benzene rings is 2. The summed E-state index contributed by atoms with van der Waals surface area (Å²) >= 11 is 0. The molecule has 3 aromatic rings. The summed E-state index contributed by atoms with van der Waals surface area (Å²) in [5.41, 5.74) is 4.81. The highest BCUT2D eigenvalue weighted by molar-refractivity contribution is 8.02. The van der Waals surface area contributed by atoms with Crippen molar-refractivity contribution in [3.05, 3.63) is 83.4 Å². The smallest absolute Gasteiger partial charge is 0.0991 e. The molecule has 0 bridgehead atoms. The average molecular weight is 447 g/mol. The van der Waals surface area contributed by atoms with E-state index in [4.69, 9.17) is 0 Å². The van der Waals surface area contributed by atoms with Crippen LogP contribution in [0.15, 0.2) is 61.1 Å². The third kappa shape index (κ3) is 3.48. The Hall–Kier alpha value is -3.12. The Kier molecular flexibility index (Phi) is 5.47. The third-order valence-corrected chi connectivity index (χ3v) is 9.34. The molecule has 1 unspecified atom stereocenters. The minimum Gasteiger partial charge on any atom is -0.363 e. The second-order valence-corrected chi connectivity index (χ2v) is 10.8. The lowest BCUT2D eigenvalue weighted by atomic mass is 10.0. The first kappa shape index (κ1) is 20.8. The molecule has 7 nitrogen and oxygen atoms in total. The van der Waals surface area contributed by atoms with Gasteiger partial charge in [0.1, 0.15) is 0 Å². The number of nitriles is 1. The molecule has 1 aromatic heterocycles. The van der Waals surface area contributed by atoms with Crippen LogP contribution in [0.1, 0.15) is 22.4 Å². The van der Waals surface area contributed by atoms with Gasteiger partial charge >= 0.3 is 0 Å². The van der Waals surface area contributed by atoms with E-state index in [-0.39, 0.29) is 6.04 Å².